The molecule has 0 saturated carbocycles. The summed E-state index contributed by atoms with van der Waals surface area (Å²) in [5.41, 5.74) is 0.939. The molecule has 7 nitrogen and oxygen atoms in total. The molecule has 0 aliphatic carbocycles. The topological polar surface area (TPSA) is 84.9 Å². The first-order chi connectivity index (χ1) is 11.5. The van der Waals surface area contributed by atoms with Crippen molar-refractivity contribution < 1.29 is 23.9 Å². The lowest BCUT2D eigenvalue weighted by molar-refractivity contribution is -0.154. The van der Waals surface area contributed by atoms with E-state index in [1.54, 1.807) is 24.3 Å². The summed E-state index contributed by atoms with van der Waals surface area (Å²) in [5.74, 6) is -0.603. The number of nitrogens with zero attached hydrogens (tertiary/aromatic N) is 1. The van der Waals surface area contributed by atoms with Gasteiger partial charge in [-0.1, -0.05) is 11.6 Å². The van der Waals surface area contributed by atoms with E-state index in [4.69, 9.17) is 21.1 Å². The van der Waals surface area contributed by atoms with E-state index in [1.807, 2.05) is 0 Å². The zero-order valence-electron chi connectivity index (χ0n) is 12.9. The quantitative estimate of drug-likeness (QED) is 0.837. The third-order valence-electron chi connectivity index (χ3n) is 3.70. The van der Waals surface area contributed by atoms with Crippen molar-refractivity contribution in [3.8, 4) is 5.75 Å². The van der Waals surface area contributed by atoms with Gasteiger partial charge in [0.05, 0.1) is 5.57 Å². The van der Waals surface area contributed by atoms with Crippen molar-refractivity contribution in [1.82, 2.24) is 10.2 Å². The molecule has 2 heterocycles. The molecule has 8 heteroatoms. The highest BCUT2D eigenvalue weighted by atomic mass is 35.5. The van der Waals surface area contributed by atoms with Gasteiger partial charge >= 0.3 is 12.0 Å². The molecule has 1 fully saturated rings. The van der Waals surface area contributed by atoms with Crippen LogP contribution in [-0.2, 0) is 14.3 Å². The monoisotopic (exact) mass is 350 g/mol. The summed E-state index contributed by atoms with van der Waals surface area (Å²) in [5, 5.41) is 3.04. The minimum absolute atomic E-state index is 0.0403. The summed E-state index contributed by atoms with van der Waals surface area (Å²) in [6, 6.07) is 4.60. The molecule has 2 aliphatic rings. The molecule has 126 valence electrons. The summed E-state index contributed by atoms with van der Waals surface area (Å²) in [6.07, 6.45) is 0.551. The molecule has 0 radical (unpaired) electrons. The molecule has 3 rings (SSSR count). The molecule has 1 atom stereocenters. The van der Waals surface area contributed by atoms with Gasteiger partial charge in [0.2, 0.25) is 0 Å². The van der Waals surface area contributed by atoms with Crippen LogP contribution < -0.4 is 10.1 Å². The molecule has 2 aliphatic heterocycles. The summed E-state index contributed by atoms with van der Waals surface area (Å²) < 4.78 is 10.7. The van der Waals surface area contributed by atoms with Crippen LogP contribution in [0.5, 0.6) is 5.75 Å². The maximum absolute atomic E-state index is 12.2. The van der Waals surface area contributed by atoms with Crippen LogP contribution in [0.1, 0.15) is 12.5 Å². The maximum Gasteiger partial charge on any atom is 0.338 e. The standard InChI is InChI=1S/C16H15ClN2O5/c1-9(14(20)19-5-4-18-16(19)22)24-15(21)11-6-10-7-12(17)2-3-13(10)23-8-11/h2-3,6-7,9H,4-5,8H2,1H3,(H,18,22)/t9-/m0/s1. The number of imide groups is 1. The molecule has 24 heavy (non-hydrogen) atoms. The van der Waals surface area contributed by atoms with Crippen molar-refractivity contribution >= 4 is 35.6 Å². The van der Waals surface area contributed by atoms with Crippen LogP contribution in [0.25, 0.3) is 6.08 Å². The second-order valence-electron chi connectivity index (χ2n) is 5.41. The van der Waals surface area contributed by atoms with Crippen molar-refractivity contribution in [3.05, 3.63) is 34.4 Å². The van der Waals surface area contributed by atoms with Crippen molar-refractivity contribution in [1.29, 1.82) is 0 Å². The number of carbonyl (C=O) groups excluding carboxylic acids is 3. The van der Waals surface area contributed by atoms with Gasteiger partial charge < -0.3 is 14.8 Å². The SMILES string of the molecule is C[C@H](OC(=O)C1=Cc2cc(Cl)ccc2OC1)C(=O)N1CCNC1=O. The van der Waals surface area contributed by atoms with Crippen LogP contribution in [-0.4, -0.2) is 48.6 Å². The maximum atomic E-state index is 12.2. The molecule has 0 spiro atoms. The number of ether oxygens (including phenoxy) is 2. The largest absolute Gasteiger partial charge is 0.488 e. The normalized spacial score (nSPS) is 17.3. The van der Waals surface area contributed by atoms with Crippen LogP contribution >= 0.6 is 11.6 Å². The van der Waals surface area contributed by atoms with Crippen LogP contribution in [0.2, 0.25) is 5.02 Å². The average Bonchev–Trinajstić information content (AvgIpc) is 2.99. The first-order valence-corrected chi connectivity index (χ1v) is 7.76. The lowest BCUT2D eigenvalue weighted by Crippen LogP contribution is -2.42. The van der Waals surface area contributed by atoms with Gasteiger partial charge in [0.25, 0.3) is 5.91 Å². The Morgan fingerprint density at radius 1 is 1.42 bits per heavy atom. The van der Waals surface area contributed by atoms with Gasteiger partial charge in [-0.3, -0.25) is 9.69 Å². The second kappa shape index (κ2) is 6.52. The van der Waals surface area contributed by atoms with E-state index in [-0.39, 0.29) is 18.7 Å². The van der Waals surface area contributed by atoms with Crippen LogP contribution in [0.15, 0.2) is 23.8 Å². The Bertz CT molecular complexity index is 746. The number of benzene rings is 1. The number of nitrogens with one attached hydrogen (secondary N) is 1. The highest BCUT2D eigenvalue weighted by molar-refractivity contribution is 6.30. The lowest BCUT2D eigenvalue weighted by atomic mass is 10.1. The van der Waals surface area contributed by atoms with Crippen molar-refractivity contribution in [2.24, 2.45) is 0 Å². The highest BCUT2D eigenvalue weighted by Gasteiger charge is 2.32. The Morgan fingerprint density at radius 3 is 2.92 bits per heavy atom. The van der Waals surface area contributed by atoms with Crippen LogP contribution in [0.3, 0.4) is 0 Å². The molecular weight excluding hydrogens is 336 g/mol. The number of urea groups is 1. The number of hydrogen-bond donors (Lipinski definition) is 1. The number of fused-ring (bicyclic) bond motifs is 1. The van der Waals surface area contributed by atoms with Gasteiger partial charge in [-0.2, -0.15) is 0 Å². The van der Waals surface area contributed by atoms with Crippen LogP contribution in [0, 0.1) is 0 Å². The van der Waals surface area contributed by atoms with Gasteiger partial charge in [0, 0.05) is 23.7 Å². The van der Waals surface area contributed by atoms with Gasteiger partial charge in [-0.25, -0.2) is 9.59 Å². The van der Waals surface area contributed by atoms with E-state index < -0.39 is 24.0 Å². The molecule has 0 bridgehead atoms. The summed E-state index contributed by atoms with van der Waals surface area (Å²) >= 11 is 5.93. The molecule has 1 aromatic carbocycles. The van der Waals surface area contributed by atoms with E-state index in [0.29, 0.717) is 22.9 Å². The fraction of sp³-hybridized carbons (Fsp3) is 0.312. The average molecular weight is 351 g/mol. The van der Waals surface area contributed by atoms with E-state index in [0.717, 1.165) is 4.90 Å². The van der Waals surface area contributed by atoms with E-state index in [9.17, 15) is 14.4 Å². The molecule has 1 N–H and O–H groups in total. The number of halogens is 1. The number of rotatable bonds is 3. The molecule has 0 unspecified atom stereocenters. The van der Waals surface area contributed by atoms with E-state index in [2.05, 4.69) is 5.32 Å². The zero-order chi connectivity index (χ0) is 17.3. The molecular formula is C16H15ClN2O5. The molecule has 1 saturated heterocycles. The molecule has 1 aromatic rings. The Balaban J connectivity index is 1.69. The Labute approximate surface area is 143 Å². The van der Waals surface area contributed by atoms with Crippen molar-refractivity contribution in [3.63, 3.8) is 0 Å². The van der Waals surface area contributed by atoms with Gasteiger partial charge in [-0.15, -0.1) is 0 Å². The lowest BCUT2D eigenvalue weighted by Gasteiger charge is -2.21. The summed E-state index contributed by atoms with van der Waals surface area (Å²) in [6.45, 7) is 2.12. The fourth-order valence-electron chi connectivity index (χ4n) is 2.45. The van der Waals surface area contributed by atoms with Crippen molar-refractivity contribution in [2.75, 3.05) is 19.7 Å². The Kier molecular flexibility index (Phi) is 4.44. The van der Waals surface area contributed by atoms with E-state index in [1.165, 1.54) is 6.92 Å². The van der Waals surface area contributed by atoms with Crippen LogP contribution in [0.4, 0.5) is 4.79 Å². The summed E-state index contributed by atoms with van der Waals surface area (Å²) in [7, 11) is 0. The minimum atomic E-state index is -1.07. The first-order valence-electron chi connectivity index (χ1n) is 7.39. The number of hydrogen-bond acceptors (Lipinski definition) is 5. The van der Waals surface area contributed by atoms with Crippen molar-refractivity contribution in [2.45, 2.75) is 13.0 Å². The second-order valence-corrected chi connectivity index (χ2v) is 5.85. The third kappa shape index (κ3) is 3.21. The highest BCUT2D eigenvalue weighted by Crippen LogP contribution is 2.29. The van der Waals surface area contributed by atoms with Gasteiger partial charge in [-0.05, 0) is 31.2 Å². The van der Waals surface area contributed by atoms with Gasteiger partial charge in [0.1, 0.15) is 12.4 Å². The first kappa shape index (κ1) is 16.3. The predicted molar refractivity (Wildman–Crippen MR) is 85.6 cm³/mol. The predicted octanol–water partition coefficient (Wildman–Crippen LogP) is 1.60. The Hall–Kier alpha value is -2.54. The minimum Gasteiger partial charge on any atom is -0.488 e. The number of carbonyl (C=O) groups is 3. The smallest absolute Gasteiger partial charge is 0.338 e. The number of esters is 1. The summed E-state index contributed by atoms with van der Waals surface area (Å²) in [4.78, 5) is 36.9. The molecule has 0 aromatic heterocycles. The Morgan fingerprint density at radius 2 is 2.21 bits per heavy atom. The fourth-order valence-corrected chi connectivity index (χ4v) is 2.63. The zero-order valence-corrected chi connectivity index (χ0v) is 13.6. The molecule has 3 amide bonds. The third-order valence-corrected chi connectivity index (χ3v) is 3.94. The van der Waals surface area contributed by atoms with E-state index >= 15 is 0 Å². The van der Waals surface area contributed by atoms with Gasteiger partial charge in [0.15, 0.2) is 6.10 Å². The number of amides is 3.